The van der Waals surface area contributed by atoms with Crippen LogP contribution in [0.2, 0.25) is 0 Å². The number of rotatable bonds is 6. The van der Waals surface area contributed by atoms with Gasteiger partial charge in [0, 0.05) is 5.69 Å². The molecule has 0 bridgehead atoms. The molecule has 0 atom stereocenters. The van der Waals surface area contributed by atoms with Crippen molar-refractivity contribution in [3.63, 3.8) is 0 Å². The molecule has 1 aromatic heterocycles. The SMILES string of the molecule is CCOc1nc(=O)c(-c2ccccc2)c(C)n1Cc1ccc(-c2ccccc2C#N)cc1. The van der Waals surface area contributed by atoms with Crippen LogP contribution in [0, 0.1) is 18.3 Å². The highest BCUT2D eigenvalue weighted by molar-refractivity contribution is 5.70. The maximum absolute atomic E-state index is 12.8. The molecular formula is C27H23N3O2. The minimum Gasteiger partial charge on any atom is -0.465 e. The minimum atomic E-state index is -0.295. The Kier molecular flexibility index (Phi) is 6.14. The van der Waals surface area contributed by atoms with Gasteiger partial charge in [-0.15, -0.1) is 0 Å². The molecular weight excluding hydrogens is 398 g/mol. The van der Waals surface area contributed by atoms with Crippen molar-refractivity contribution in [3.8, 4) is 34.3 Å². The van der Waals surface area contributed by atoms with Gasteiger partial charge in [-0.2, -0.15) is 10.2 Å². The molecule has 158 valence electrons. The van der Waals surface area contributed by atoms with Gasteiger partial charge in [0.1, 0.15) is 0 Å². The van der Waals surface area contributed by atoms with Gasteiger partial charge in [-0.1, -0.05) is 72.8 Å². The summed E-state index contributed by atoms with van der Waals surface area (Å²) in [6.45, 7) is 4.72. The molecule has 32 heavy (non-hydrogen) atoms. The van der Waals surface area contributed by atoms with Crippen LogP contribution in [-0.4, -0.2) is 16.2 Å². The zero-order valence-electron chi connectivity index (χ0n) is 18.1. The third-order valence-corrected chi connectivity index (χ3v) is 5.40. The molecule has 0 spiro atoms. The lowest BCUT2D eigenvalue weighted by atomic mass is 9.99. The van der Waals surface area contributed by atoms with Crippen LogP contribution in [0.3, 0.4) is 0 Å². The van der Waals surface area contributed by atoms with Gasteiger partial charge < -0.3 is 4.74 Å². The molecule has 0 N–H and O–H groups in total. The van der Waals surface area contributed by atoms with Crippen LogP contribution < -0.4 is 10.3 Å². The fraction of sp³-hybridized carbons (Fsp3) is 0.148. The highest BCUT2D eigenvalue weighted by Gasteiger charge is 2.17. The Morgan fingerprint density at radius 3 is 2.31 bits per heavy atom. The van der Waals surface area contributed by atoms with Gasteiger partial charge in [0.2, 0.25) is 0 Å². The van der Waals surface area contributed by atoms with E-state index in [2.05, 4.69) is 11.1 Å². The summed E-state index contributed by atoms with van der Waals surface area (Å²) in [5.41, 5.74) is 5.50. The average molecular weight is 422 g/mol. The second-order valence-corrected chi connectivity index (χ2v) is 7.40. The molecule has 0 amide bonds. The van der Waals surface area contributed by atoms with E-state index in [1.165, 1.54) is 0 Å². The van der Waals surface area contributed by atoms with Gasteiger partial charge >= 0.3 is 0 Å². The summed E-state index contributed by atoms with van der Waals surface area (Å²) in [6.07, 6.45) is 0. The molecule has 4 aromatic rings. The maximum Gasteiger partial charge on any atom is 0.300 e. The zero-order valence-corrected chi connectivity index (χ0v) is 18.1. The van der Waals surface area contributed by atoms with E-state index in [4.69, 9.17) is 4.74 Å². The molecule has 0 unspecified atom stereocenters. The summed E-state index contributed by atoms with van der Waals surface area (Å²) in [4.78, 5) is 17.0. The van der Waals surface area contributed by atoms with Crippen LogP contribution in [0.15, 0.2) is 83.7 Å². The van der Waals surface area contributed by atoms with E-state index in [9.17, 15) is 10.1 Å². The smallest absolute Gasteiger partial charge is 0.300 e. The van der Waals surface area contributed by atoms with Crippen molar-refractivity contribution in [2.45, 2.75) is 20.4 Å². The molecule has 0 aliphatic carbocycles. The summed E-state index contributed by atoms with van der Waals surface area (Å²) in [6, 6.07) is 27.8. The van der Waals surface area contributed by atoms with Crippen LogP contribution in [0.25, 0.3) is 22.3 Å². The number of nitrogens with zero attached hydrogens (tertiary/aromatic N) is 3. The molecule has 3 aromatic carbocycles. The van der Waals surface area contributed by atoms with Crippen LogP contribution in [-0.2, 0) is 6.54 Å². The maximum atomic E-state index is 12.8. The second kappa shape index (κ2) is 9.32. The predicted molar refractivity (Wildman–Crippen MR) is 126 cm³/mol. The van der Waals surface area contributed by atoms with Crippen molar-refractivity contribution < 1.29 is 4.74 Å². The Morgan fingerprint density at radius 2 is 1.62 bits per heavy atom. The topological polar surface area (TPSA) is 67.9 Å². The fourth-order valence-electron chi connectivity index (χ4n) is 3.80. The lowest BCUT2D eigenvalue weighted by Crippen LogP contribution is -2.21. The number of hydrogen-bond donors (Lipinski definition) is 0. The van der Waals surface area contributed by atoms with E-state index in [1.54, 1.807) is 0 Å². The van der Waals surface area contributed by atoms with Crippen LogP contribution in [0.4, 0.5) is 0 Å². The Morgan fingerprint density at radius 1 is 0.938 bits per heavy atom. The van der Waals surface area contributed by atoms with E-state index >= 15 is 0 Å². The van der Waals surface area contributed by atoms with E-state index < -0.39 is 0 Å². The quantitative estimate of drug-likeness (QED) is 0.429. The van der Waals surface area contributed by atoms with Crippen molar-refractivity contribution in [3.05, 3.63) is 106 Å². The summed E-state index contributed by atoms with van der Waals surface area (Å²) < 4.78 is 7.64. The van der Waals surface area contributed by atoms with Crippen LogP contribution in [0.1, 0.15) is 23.7 Å². The molecule has 0 radical (unpaired) electrons. The van der Waals surface area contributed by atoms with E-state index in [0.29, 0.717) is 30.3 Å². The highest BCUT2D eigenvalue weighted by atomic mass is 16.5. The van der Waals surface area contributed by atoms with Crippen LogP contribution >= 0.6 is 0 Å². The number of benzene rings is 3. The first-order chi connectivity index (χ1) is 15.6. The molecule has 5 nitrogen and oxygen atoms in total. The van der Waals surface area contributed by atoms with Gasteiger partial charge in [0.25, 0.3) is 11.6 Å². The van der Waals surface area contributed by atoms with Crippen molar-refractivity contribution in [2.24, 2.45) is 0 Å². The van der Waals surface area contributed by atoms with E-state index in [1.807, 2.05) is 97.3 Å². The number of nitriles is 1. The molecule has 0 aliphatic rings. The lowest BCUT2D eigenvalue weighted by Gasteiger charge is -2.18. The first kappa shape index (κ1) is 21.1. The van der Waals surface area contributed by atoms with Gasteiger partial charge in [0.15, 0.2) is 0 Å². The standard InChI is InChI=1S/C27H23N3O2/c1-3-32-27-29-26(31)25(22-9-5-4-6-10-22)19(2)30(27)18-20-13-15-21(16-14-20)24-12-8-7-11-23(24)17-28/h4-16H,3,18H2,1-2H3. The first-order valence-corrected chi connectivity index (χ1v) is 10.5. The van der Waals surface area contributed by atoms with Gasteiger partial charge in [-0.05, 0) is 42.2 Å². The molecule has 5 heteroatoms. The molecule has 0 fully saturated rings. The van der Waals surface area contributed by atoms with Gasteiger partial charge in [-0.25, -0.2) is 0 Å². The molecule has 0 saturated heterocycles. The molecule has 1 heterocycles. The van der Waals surface area contributed by atoms with Crippen molar-refractivity contribution in [1.82, 2.24) is 9.55 Å². The first-order valence-electron chi connectivity index (χ1n) is 10.5. The number of hydrogen-bond acceptors (Lipinski definition) is 4. The number of aromatic nitrogens is 2. The fourth-order valence-corrected chi connectivity index (χ4v) is 3.80. The number of ether oxygens (including phenoxy) is 1. The molecule has 0 saturated carbocycles. The van der Waals surface area contributed by atoms with Crippen molar-refractivity contribution in [1.29, 1.82) is 5.26 Å². The van der Waals surface area contributed by atoms with E-state index in [0.717, 1.165) is 27.9 Å². The van der Waals surface area contributed by atoms with Crippen molar-refractivity contribution in [2.75, 3.05) is 6.61 Å². The lowest BCUT2D eigenvalue weighted by molar-refractivity contribution is 0.291. The van der Waals surface area contributed by atoms with Crippen molar-refractivity contribution >= 4 is 0 Å². The van der Waals surface area contributed by atoms with Gasteiger partial charge in [-0.3, -0.25) is 9.36 Å². The third-order valence-electron chi connectivity index (χ3n) is 5.40. The molecule has 0 aliphatic heterocycles. The average Bonchev–Trinajstić information content (AvgIpc) is 2.83. The summed E-state index contributed by atoms with van der Waals surface area (Å²) in [5.74, 6) is 0. The minimum absolute atomic E-state index is 0.295. The third kappa shape index (κ3) is 4.17. The summed E-state index contributed by atoms with van der Waals surface area (Å²) in [5, 5.41) is 9.38. The largest absolute Gasteiger partial charge is 0.465 e. The Bertz CT molecular complexity index is 1330. The monoisotopic (exact) mass is 421 g/mol. The second-order valence-electron chi connectivity index (χ2n) is 7.40. The normalized spacial score (nSPS) is 10.5. The predicted octanol–water partition coefficient (Wildman–Crippen LogP) is 5.20. The van der Waals surface area contributed by atoms with E-state index in [-0.39, 0.29) is 5.56 Å². The van der Waals surface area contributed by atoms with Gasteiger partial charge in [0.05, 0.1) is 30.3 Å². The zero-order chi connectivity index (χ0) is 22.5. The summed E-state index contributed by atoms with van der Waals surface area (Å²) in [7, 11) is 0. The summed E-state index contributed by atoms with van der Waals surface area (Å²) >= 11 is 0. The molecule has 4 rings (SSSR count). The highest BCUT2D eigenvalue weighted by Crippen LogP contribution is 2.26. The Balaban J connectivity index is 1.74. The Hall–Kier alpha value is -4.17. The Labute approximate surface area is 187 Å². The van der Waals surface area contributed by atoms with Crippen LogP contribution in [0.5, 0.6) is 6.01 Å².